The van der Waals surface area contributed by atoms with Crippen LogP contribution in [0.3, 0.4) is 0 Å². The first-order valence-corrected chi connectivity index (χ1v) is 6.59. The van der Waals surface area contributed by atoms with E-state index in [2.05, 4.69) is 14.8 Å². The normalized spacial score (nSPS) is 28.2. The van der Waals surface area contributed by atoms with E-state index in [4.69, 9.17) is 32.2 Å². The summed E-state index contributed by atoms with van der Waals surface area (Å²) in [6.45, 7) is -0.540. The van der Waals surface area contributed by atoms with Gasteiger partial charge in [0, 0.05) is 6.07 Å². The minimum absolute atomic E-state index is 0.0655. The highest BCUT2D eigenvalue weighted by molar-refractivity contribution is 6.30. The number of hydrogen-bond acceptors (Lipinski definition) is 8. The lowest BCUT2D eigenvalue weighted by atomic mass is 10.2. The Labute approximate surface area is 127 Å². The van der Waals surface area contributed by atoms with Crippen LogP contribution in [-0.2, 0) is 4.74 Å². The maximum absolute atomic E-state index is 13.9. The van der Waals surface area contributed by atoms with Crippen LogP contribution in [0.1, 0.15) is 0 Å². The van der Waals surface area contributed by atoms with Crippen molar-refractivity contribution >= 4 is 22.8 Å². The van der Waals surface area contributed by atoms with Gasteiger partial charge in [-0.05, 0) is 0 Å². The second-order valence-corrected chi connectivity index (χ2v) is 4.96. The molecule has 120 valence electrons. The standard InChI is InChI=1S/C11H12ClFN4O5/c12-6-1-4(21-14)8-10(16-6)17(3-15-8)22-11-7(13)9(19)5(2-18)20-11/h1,3,5,7,9,11,18-19H,2,14H2. The van der Waals surface area contributed by atoms with Crippen molar-refractivity contribution in [1.82, 2.24) is 14.7 Å². The van der Waals surface area contributed by atoms with Crippen LogP contribution in [0.25, 0.3) is 11.2 Å². The van der Waals surface area contributed by atoms with Crippen LogP contribution in [0.5, 0.6) is 5.75 Å². The Morgan fingerprint density at radius 3 is 2.95 bits per heavy atom. The monoisotopic (exact) mass is 334 g/mol. The van der Waals surface area contributed by atoms with Gasteiger partial charge in [-0.15, -0.1) is 4.73 Å². The van der Waals surface area contributed by atoms with Crippen molar-refractivity contribution in [1.29, 1.82) is 0 Å². The van der Waals surface area contributed by atoms with Crippen molar-refractivity contribution in [2.45, 2.75) is 24.7 Å². The maximum Gasteiger partial charge on any atom is 0.259 e. The molecular formula is C11H12ClFN4O5. The lowest BCUT2D eigenvalue weighted by molar-refractivity contribution is -0.158. The van der Waals surface area contributed by atoms with Crippen molar-refractivity contribution in [3.63, 3.8) is 0 Å². The van der Waals surface area contributed by atoms with Gasteiger partial charge >= 0.3 is 0 Å². The van der Waals surface area contributed by atoms with Gasteiger partial charge in [0.15, 0.2) is 17.4 Å². The molecule has 1 fully saturated rings. The van der Waals surface area contributed by atoms with Crippen LogP contribution in [0.15, 0.2) is 12.4 Å². The first-order valence-electron chi connectivity index (χ1n) is 6.21. The SMILES string of the molecule is NOc1cc(Cl)nc2c1ncn2OC1OC(CO)C(O)C1F. The molecule has 1 aliphatic heterocycles. The summed E-state index contributed by atoms with van der Waals surface area (Å²) in [6.07, 6.45) is -4.66. The van der Waals surface area contributed by atoms with E-state index in [0.717, 1.165) is 4.73 Å². The third-order valence-electron chi connectivity index (χ3n) is 3.21. The zero-order valence-electron chi connectivity index (χ0n) is 11.0. The van der Waals surface area contributed by atoms with Crippen molar-refractivity contribution in [3.05, 3.63) is 17.5 Å². The van der Waals surface area contributed by atoms with E-state index in [1.165, 1.54) is 12.4 Å². The van der Waals surface area contributed by atoms with Crippen LogP contribution in [0.4, 0.5) is 4.39 Å². The number of alkyl halides is 1. The lowest BCUT2D eigenvalue weighted by Crippen LogP contribution is -2.35. The fraction of sp³-hybridized carbons (Fsp3) is 0.455. The van der Waals surface area contributed by atoms with E-state index in [1.807, 2.05) is 0 Å². The van der Waals surface area contributed by atoms with Crippen LogP contribution < -0.4 is 15.6 Å². The fourth-order valence-corrected chi connectivity index (χ4v) is 2.30. The molecule has 3 heterocycles. The van der Waals surface area contributed by atoms with Gasteiger partial charge in [-0.25, -0.2) is 14.4 Å². The summed E-state index contributed by atoms with van der Waals surface area (Å²) in [5.41, 5.74) is 0.380. The van der Waals surface area contributed by atoms with Crippen LogP contribution in [0.2, 0.25) is 5.15 Å². The molecular weight excluding hydrogens is 323 g/mol. The Bertz CT molecular complexity index is 686. The molecule has 2 aromatic heterocycles. The Balaban J connectivity index is 1.90. The minimum atomic E-state index is -1.85. The second kappa shape index (κ2) is 5.82. The number of imidazole rings is 1. The zero-order valence-corrected chi connectivity index (χ0v) is 11.7. The van der Waals surface area contributed by atoms with Gasteiger partial charge in [0.25, 0.3) is 6.29 Å². The molecule has 0 radical (unpaired) electrons. The third kappa shape index (κ3) is 2.44. The molecule has 3 rings (SSSR count). The largest absolute Gasteiger partial charge is 0.409 e. The quantitative estimate of drug-likeness (QED) is 0.489. The number of halogens is 2. The first-order chi connectivity index (χ1) is 10.5. The molecule has 4 unspecified atom stereocenters. The van der Waals surface area contributed by atoms with Gasteiger partial charge in [0.2, 0.25) is 5.65 Å². The highest BCUT2D eigenvalue weighted by Gasteiger charge is 2.46. The Morgan fingerprint density at radius 1 is 1.55 bits per heavy atom. The van der Waals surface area contributed by atoms with Gasteiger partial charge < -0.3 is 24.6 Å². The van der Waals surface area contributed by atoms with Crippen LogP contribution >= 0.6 is 11.6 Å². The number of fused-ring (bicyclic) bond motifs is 1. The summed E-state index contributed by atoms with van der Waals surface area (Å²) < 4.78 is 20.0. The third-order valence-corrected chi connectivity index (χ3v) is 3.40. The molecule has 0 bridgehead atoms. The summed E-state index contributed by atoms with van der Waals surface area (Å²) in [7, 11) is 0. The van der Waals surface area contributed by atoms with E-state index < -0.39 is 31.3 Å². The van der Waals surface area contributed by atoms with E-state index in [1.54, 1.807) is 0 Å². The lowest BCUT2D eigenvalue weighted by Gasteiger charge is -2.15. The predicted molar refractivity (Wildman–Crippen MR) is 70.6 cm³/mol. The molecule has 0 saturated carbocycles. The molecule has 11 heteroatoms. The number of pyridine rings is 1. The minimum Gasteiger partial charge on any atom is -0.409 e. The summed E-state index contributed by atoms with van der Waals surface area (Å²) >= 11 is 5.82. The molecule has 0 spiro atoms. The van der Waals surface area contributed by atoms with E-state index in [0.29, 0.717) is 0 Å². The Morgan fingerprint density at radius 2 is 2.32 bits per heavy atom. The van der Waals surface area contributed by atoms with Gasteiger partial charge in [0.05, 0.1) is 6.61 Å². The van der Waals surface area contributed by atoms with Crippen molar-refractivity contribution in [2.24, 2.45) is 5.90 Å². The van der Waals surface area contributed by atoms with Crippen molar-refractivity contribution < 1.29 is 29.0 Å². The molecule has 4 N–H and O–H groups in total. The molecule has 9 nitrogen and oxygen atoms in total. The molecule has 0 aromatic carbocycles. The molecule has 4 atom stereocenters. The average Bonchev–Trinajstić information content (AvgIpc) is 3.03. The smallest absolute Gasteiger partial charge is 0.259 e. The summed E-state index contributed by atoms with van der Waals surface area (Å²) in [6, 6.07) is 1.36. The number of ether oxygens (including phenoxy) is 1. The summed E-state index contributed by atoms with van der Waals surface area (Å²) in [5.74, 6) is 5.27. The predicted octanol–water partition coefficient (Wildman–Crippen LogP) is -0.818. The van der Waals surface area contributed by atoms with Gasteiger partial charge in [-0.2, -0.15) is 5.90 Å². The van der Waals surface area contributed by atoms with E-state index >= 15 is 0 Å². The first kappa shape index (κ1) is 15.2. The zero-order chi connectivity index (χ0) is 15.9. The van der Waals surface area contributed by atoms with Gasteiger partial charge in [0.1, 0.15) is 23.7 Å². The molecule has 1 aliphatic rings. The number of nitrogens with zero attached hydrogens (tertiary/aromatic N) is 3. The van der Waals surface area contributed by atoms with Gasteiger partial charge in [-0.3, -0.25) is 0 Å². The highest BCUT2D eigenvalue weighted by Crippen LogP contribution is 2.27. The molecule has 22 heavy (non-hydrogen) atoms. The number of rotatable bonds is 4. The number of aromatic nitrogens is 3. The topological polar surface area (TPSA) is 125 Å². The fourth-order valence-electron chi connectivity index (χ4n) is 2.12. The molecule has 0 amide bonds. The molecule has 1 saturated heterocycles. The van der Waals surface area contributed by atoms with Crippen LogP contribution in [0, 0.1) is 0 Å². The number of aliphatic hydroxyl groups excluding tert-OH is 2. The Hall–Kier alpha value is -1.72. The average molecular weight is 335 g/mol. The van der Waals surface area contributed by atoms with Gasteiger partial charge in [-0.1, -0.05) is 11.6 Å². The summed E-state index contributed by atoms with van der Waals surface area (Å²) in [5, 5.41) is 18.6. The number of nitrogens with two attached hydrogens (primary N) is 1. The maximum atomic E-state index is 13.9. The number of aliphatic hydroxyl groups is 2. The molecule has 0 aliphatic carbocycles. The van der Waals surface area contributed by atoms with E-state index in [9.17, 15) is 9.50 Å². The Kier molecular flexibility index (Phi) is 4.02. The van der Waals surface area contributed by atoms with Crippen LogP contribution in [-0.4, -0.2) is 56.2 Å². The summed E-state index contributed by atoms with van der Waals surface area (Å²) in [4.78, 5) is 17.9. The number of hydrogen-bond donors (Lipinski definition) is 3. The second-order valence-electron chi connectivity index (χ2n) is 4.57. The molecule has 2 aromatic rings. The van der Waals surface area contributed by atoms with Crippen molar-refractivity contribution in [2.75, 3.05) is 6.61 Å². The van der Waals surface area contributed by atoms with Crippen molar-refractivity contribution in [3.8, 4) is 5.75 Å². The van der Waals surface area contributed by atoms with E-state index in [-0.39, 0.29) is 22.1 Å². The highest BCUT2D eigenvalue weighted by atomic mass is 35.5.